The van der Waals surface area contributed by atoms with Crippen LogP contribution in [0.5, 0.6) is 0 Å². The molecule has 0 saturated heterocycles. The molecular weight excluding hydrogens is 2100 g/mol. The SMILES string of the molecule is C=CS(=C)c1ccccc1.C=CS(=C)c1ccccc1.C=CS(=O)c1ccccc1.C=S(C)C.C=S(C)CC.C=S(CCCS(=C)c1ccccc1)c1ccccc1.C=S(CCS(=C)c1ccccc1)c1ccccc1.C=S(CCS(=O)c1ccccc1)c1ccccc1.CSCCSc1ccccc1.CSc1ccccc1.Cc1ccc(S(=O)(=O)N(C)Sc2ccccc2)cc1.O=C1c2cccnc2-c2ncccc21. The van der Waals surface area contributed by atoms with Gasteiger partial charge < -0.3 is 0 Å². The van der Waals surface area contributed by atoms with Crippen LogP contribution in [-0.2, 0) is 31.6 Å². The zero-order valence-corrected chi connectivity index (χ0v) is 98.2. The molecule has 16 rings (SSSR count). The summed E-state index contributed by atoms with van der Waals surface area (Å²) in [4.78, 5) is 34.9. The summed E-state index contributed by atoms with van der Waals surface area (Å²) < 4.78 is 49.1. The molecular formula is C122H141N3O5S16. The summed E-state index contributed by atoms with van der Waals surface area (Å²) >= 11 is 6.79. The van der Waals surface area contributed by atoms with Crippen LogP contribution >= 0.6 is 142 Å². The van der Waals surface area contributed by atoms with Gasteiger partial charge in [0.25, 0.3) is 10.0 Å². The van der Waals surface area contributed by atoms with E-state index in [0.717, 1.165) is 49.0 Å². The summed E-state index contributed by atoms with van der Waals surface area (Å²) in [7, 11) is -2.72. The van der Waals surface area contributed by atoms with Crippen molar-refractivity contribution >= 4 is 232 Å². The van der Waals surface area contributed by atoms with Crippen molar-refractivity contribution in [3.05, 3.63) is 478 Å². The van der Waals surface area contributed by atoms with Gasteiger partial charge in [-0.25, -0.2) is 12.6 Å². The Kier molecular flexibility index (Phi) is 67.1. The summed E-state index contributed by atoms with van der Waals surface area (Å²) in [6, 6.07) is 136. The number of pyridine rings is 2. The van der Waals surface area contributed by atoms with E-state index < -0.39 is 31.6 Å². The fourth-order valence-electron chi connectivity index (χ4n) is 11.7. The van der Waals surface area contributed by atoms with E-state index in [1.54, 1.807) is 79.7 Å². The second-order valence-electron chi connectivity index (χ2n) is 30.8. The van der Waals surface area contributed by atoms with E-state index in [-0.39, 0.29) is 79.2 Å². The van der Waals surface area contributed by atoms with Crippen LogP contribution in [0.15, 0.2) is 525 Å². The Balaban J connectivity index is 0.000000286. The topological polar surface area (TPSA) is 114 Å². The van der Waals surface area contributed by atoms with Crippen molar-refractivity contribution in [2.45, 2.75) is 83.9 Å². The molecule has 1 aliphatic rings. The van der Waals surface area contributed by atoms with Crippen molar-refractivity contribution < 1.29 is 21.6 Å². The maximum Gasteiger partial charge on any atom is 0.252 e. The highest BCUT2D eigenvalue weighted by atomic mass is 32.3. The number of sulfonamides is 1. The van der Waals surface area contributed by atoms with Crippen LogP contribution in [0.4, 0.5) is 0 Å². The van der Waals surface area contributed by atoms with E-state index in [1.165, 1.54) is 88.8 Å². The zero-order valence-electron chi connectivity index (χ0n) is 85.1. The average Bonchev–Trinajstić information content (AvgIpc) is 1.54. The molecule has 0 spiro atoms. The Morgan fingerprint density at radius 2 is 0.623 bits per heavy atom. The van der Waals surface area contributed by atoms with E-state index >= 15 is 0 Å². The van der Waals surface area contributed by atoms with Crippen molar-refractivity contribution in [3.8, 4) is 11.4 Å². The van der Waals surface area contributed by atoms with Crippen LogP contribution in [0.3, 0.4) is 0 Å². The molecule has 146 heavy (non-hydrogen) atoms. The highest BCUT2D eigenvalue weighted by Gasteiger charge is 2.28. The maximum atomic E-state index is 12.4. The van der Waals surface area contributed by atoms with Gasteiger partial charge in [0.15, 0.2) is 5.78 Å². The van der Waals surface area contributed by atoms with Gasteiger partial charge in [-0.2, -0.15) is 85.2 Å². The summed E-state index contributed by atoms with van der Waals surface area (Å²) in [5.41, 5.74) is 3.75. The average molecular weight is 2240 g/mol. The molecule has 1 aliphatic carbocycles. The Hall–Kier alpha value is -9.36. The van der Waals surface area contributed by atoms with Gasteiger partial charge in [0.05, 0.1) is 37.6 Å². The highest BCUT2D eigenvalue weighted by molar-refractivity contribution is 8.18. The number of nitrogens with zero attached hydrogens (tertiary/aromatic N) is 3. The van der Waals surface area contributed by atoms with E-state index in [0.29, 0.717) is 54.1 Å². The minimum Gasteiger partial charge on any atom is -0.288 e. The minimum absolute atomic E-state index is 0.0243. The Bertz CT molecular complexity index is 6170. The molecule has 770 valence electrons. The molecule has 0 N–H and O–H groups in total. The van der Waals surface area contributed by atoms with Gasteiger partial charge in [0.1, 0.15) is 11.4 Å². The second-order valence-corrected chi connectivity index (χ2v) is 57.0. The third kappa shape index (κ3) is 52.7. The third-order valence-corrected chi connectivity index (χ3v) is 40.2. The molecule has 24 heteroatoms. The fraction of sp³-hybridized carbons (Fsp3) is 0.148. The van der Waals surface area contributed by atoms with Crippen molar-refractivity contribution in [2.24, 2.45) is 0 Å². The molecule has 0 bridgehead atoms. The molecule has 13 aromatic carbocycles. The minimum atomic E-state index is -3.46. The molecule has 10 atom stereocenters. The summed E-state index contributed by atoms with van der Waals surface area (Å²) in [5, 5.41) is 5.17. The number of fused-ring (bicyclic) bond motifs is 3. The van der Waals surface area contributed by atoms with E-state index in [2.05, 4.69) is 321 Å². The lowest BCUT2D eigenvalue weighted by atomic mass is 10.1. The molecule has 8 nitrogen and oxygen atoms in total. The number of carbonyl (C=O) groups is 1. The van der Waals surface area contributed by atoms with Crippen LogP contribution in [0.1, 0.15) is 34.8 Å². The number of aromatic nitrogens is 2. The van der Waals surface area contributed by atoms with E-state index in [1.807, 2.05) is 205 Å². The Morgan fingerprint density at radius 1 is 0.342 bits per heavy atom. The maximum absolute atomic E-state index is 12.4. The zero-order chi connectivity index (χ0) is 106. The van der Waals surface area contributed by atoms with Crippen LogP contribution in [-0.4, -0.2) is 179 Å². The lowest BCUT2D eigenvalue weighted by Crippen LogP contribution is -2.20. The number of carbonyl (C=O) groups excluding carboxylic acids is 1. The van der Waals surface area contributed by atoms with Crippen LogP contribution in [0.25, 0.3) is 11.4 Å². The van der Waals surface area contributed by atoms with Crippen molar-refractivity contribution in [1.82, 2.24) is 13.7 Å². The number of rotatable bonds is 32. The highest BCUT2D eigenvalue weighted by Crippen LogP contribution is 2.36. The van der Waals surface area contributed by atoms with Crippen molar-refractivity contribution in [3.63, 3.8) is 0 Å². The molecule has 15 aromatic rings. The van der Waals surface area contributed by atoms with Gasteiger partial charge in [-0.3, -0.25) is 19.0 Å². The van der Waals surface area contributed by atoms with Crippen molar-refractivity contribution in [1.29, 1.82) is 0 Å². The summed E-state index contributed by atoms with van der Waals surface area (Å²) in [5.74, 6) is 46.4. The molecule has 0 radical (unpaired) electrons. The first-order valence-corrected chi connectivity index (χ1v) is 69.3. The predicted octanol–water partition coefficient (Wildman–Crippen LogP) is 33.5. The van der Waals surface area contributed by atoms with Crippen molar-refractivity contribution in [2.75, 3.05) is 90.1 Å². The van der Waals surface area contributed by atoms with Gasteiger partial charge in [0.2, 0.25) is 0 Å². The number of hydrogen-bond acceptors (Lipinski definition) is 11. The van der Waals surface area contributed by atoms with E-state index in [4.69, 9.17) is 0 Å². The first-order valence-electron chi connectivity index (χ1n) is 46.1. The lowest BCUT2D eigenvalue weighted by Gasteiger charge is -2.16. The normalized spacial score (nSPS) is 12.5. The quantitative estimate of drug-likeness (QED) is 0.0174. The molecule has 0 fully saturated rings. The fourth-order valence-corrected chi connectivity index (χ4v) is 26.8. The summed E-state index contributed by atoms with van der Waals surface area (Å²) in [6.45, 7) is 14.9. The molecule has 0 aliphatic heterocycles. The van der Waals surface area contributed by atoms with Gasteiger partial charge in [-0.1, -0.05) is 316 Å². The van der Waals surface area contributed by atoms with Gasteiger partial charge in [-0.15, -0.1) is 48.2 Å². The number of thioether (sulfide) groups is 3. The smallest absolute Gasteiger partial charge is 0.252 e. The monoisotopic (exact) mass is 2240 g/mol. The number of hydrogen-bond donors (Lipinski definition) is 0. The van der Waals surface area contributed by atoms with Gasteiger partial charge >= 0.3 is 0 Å². The molecule has 2 heterocycles. The van der Waals surface area contributed by atoms with Gasteiger partial charge in [0, 0.05) is 118 Å². The number of ketones is 1. The standard InChI is InChI=1S/C17H20S2.C16H18S2.C15H16OS2.C14H15NO2S2.C11H6N2O.C9H12S2.2C9H10S.C8H8OS.C7H8S.C4H10S.C3H8S/c1-18(16-10-5-3-6-11-16)14-9-15-19(2)17-12-7-4-8-13-17;1-17(15-9-5-3-6-10-15)13-14-18(2)16-11-7-4-8-12-16;1-17(14-8-4-2-5-9-14)12-13-18(16)15-10-6-3-7-11-15;1-12-8-10-14(11-9-12)19(16,17)15(2)18-13-6-4-3-5-7-13;14-11-7-3-1-5-12-9(7)10-8(11)4-2-6-13-10;1-10-7-8-11-9-5-3-2-4-6-9;2*1-3-10(2)9-7-5-4-6-8-9;1-2-10(9)8-6-4-3-5-7-8;1-8-7-5-3-2-4-6-7;1-4-5(2)3;1-4(2)3/h3-8,10-13H,1-2,9,14-15H2;3-12H,1-2,13-14H2;2-11H,1,12-13H2;3-11H,1-2H3;1-6H;2-6H,7-8H2,1H3;2*3-8H,1-2H2;2-7H,1H2;2-6H,1H3;2,4H2,1,3H3;1H2,2-3H3. The lowest BCUT2D eigenvalue weighted by molar-refractivity contribution is 0.104. The van der Waals surface area contributed by atoms with E-state index in [9.17, 15) is 21.6 Å². The second kappa shape index (κ2) is 77.1. The van der Waals surface area contributed by atoms with Crippen LogP contribution in [0, 0.1) is 6.92 Å². The molecule has 0 amide bonds. The Labute approximate surface area is 920 Å². The third-order valence-electron chi connectivity index (χ3n) is 19.6. The molecule has 0 saturated carbocycles. The number of benzene rings is 13. The van der Waals surface area contributed by atoms with Crippen LogP contribution in [0.2, 0.25) is 0 Å². The van der Waals surface area contributed by atoms with Crippen LogP contribution < -0.4 is 0 Å². The summed E-state index contributed by atoms with van der Waals surface area (Å²) in [6.07, 6.45) is 15.1. The van der Waals surface area contributed by atoms with Gasteiger partial charge in [-0.05, 0) is 267 Å². The Morgan fingerprint density at radius 3 is 0.918 bits per heavy atom. The first-order chi connectivity index (χ1) is 70.6. The first kappa shape index (κ1) is 127. The molecule has 2 aromatic heterocycles. The molecule has 10 unspecified atom stereocenters. The number of aryl methyl sites for hydroxylation is 1. The largest absolute Gasteiger partial charge is 0.288 e. The predicted molar refractivity (Wildman–Crippen MR) is 687 cm³/mol.